The zero-order valence-electron chi connectivity index (χ0n) is 83.9. The Morgan fingerprint density at radius 2 is 0.673 bits per heavy atom. The maximum absolute atomic E-state index is 13.5. The molecule has 0 bridgehead atoms. The first-order valence-corrected chi connectivity index (χ1v) is 61.4. The van der Waals surface area contributed by atoms with Gasteiger partial charge in [-0.3, -0.25) is 85.9 Å². The fourth-order valence-electron chi connectivity index (χ4n) is 11.1. The van der Waals surface area contributed by atoms with E-state index in [1.807, 2.05) is 146 Å². The van der Waals surface area contributed by atoms with Gasteiger partial charge in [-0.25, -0.2) is 4.39 Å². The molecule has 0 unspecified atom stereocenters. The third kappa shape index (κ3) is 80.6. The first-order chi connectivity index (χ1) is 70.0. The largest absolute Gasteiger partial charge is 0.507 e. The summed E-state index contributed by atoms with van der Waals surface area (Å²) < 4.78 is 283. The topological polar surface area (TPSA) is 670 Å². The lowest BCUT2D eigenvalue weighted by molar-refractivity contribution is 0.373. The molecule has 0 aliphatic heterocycles. The second kappa shape index (κ2) is 75.5. The standard InChI is InChI=1S/C16H15ClFNO4S.C16H16ClNO4S.C12H15NO3S.C11H14ClNO5S.C11H15NO3S.C10H13NO3S.C8H17NO3S.C7H15NO3S.C6H13NO3S/c17-12-4-2-11(3-5-12)16(19-8-1-9-24(21,22)23)14-10-13(18)6-7-15(14)20;17-13-8-6-12(7-9-13)16(14-4-1-2-5-15(14)19)18-10-3-11-23(20,21)22;14-17(15,16)11-5-10-13-9-4-8-12-6-2-1-3-7-12;1-18-10-6-9(12)5-8(11(10)14)7-13-3-2-4-19(15,16)17;1-10(11-6-3-2-4-7-11)12-8-5-9-16(13,14)15;12-15(13,14)8-4-7-11-9-10-5-2-1-3-6-10;1-3-8(4-2)9-6-5-7-13(10,11)12;1-3-7(2)8-5-4-6-12(9,10)11;1-6(2)7-4-3-5-11(8,9)10/h2-7,10,20H,1,8-9H2,(H,21,22,23);1-2,4-9,19H,3,10-11H2,(H,20,21,22);1-4,6-9H,5,10-11H2,(H,14,15,16);5-7,14H,2-4H2,1H3,(H,15,16,17);2-4,6-7H,5,8-9H2,1H3,(H,13,14,15);1-3,5-6,9H,4,7-8H2,(H,12,13,14);3-7H2,1-2H3,(H,10,11,12);3-6H2,1-2H3,(H,9,10,11);3-5H2,1-2H3,(H,8,9,10)/b;;8-4+,13-9?;;;;;;. The van der Waals surface area contributed by atoms with Gasteiger partial charge >= 0.3 is 0 Å². The summed E-state index contributed by atoms with van der Waals surface area (Å²) in [5, 5.41) is 31.3. The molecule has 0 aromatic heterocycles. The maximum atomic E-state index is 13.5. The molecule has 0 saturated carbocycles. The quantitative estimate of drug-likeness (QED) is 0.00957. The van der Waals surface area contributed by atoms with Crippen molar-refractivity contribution in [2.75, 3.05) is 118 Å². The molecule has 0 amide bonds. The van der Waals surface area contributed by atoms with Crippen LogP contribution in [0.5, 0.6) is 23.0 Å². The number of halogens is 4. The molecule has 8 rings (SSSR count). The summed E-state index contributed by atoms with van der Waals surface area (Å²) in [5.74, 6) is -2.94. The third-order valence-corrected chi connectivity index (χ3v) is 26.4. The van der Waals surface area contributed by atoms with Crippen molar-refractivity contribution in [2.45, 2.75) is 126 Å². The van der Waals surface area contributed by atoms with Crippen molar-refractivity contribution in [3.05, 3.63) is 266 Å². The summed E-state index contributed by atoms with van der Waals surface area (Å²) in [6.45, 7) is 16.6. The van der Waals surface area contributed by atoms with Gasteiger partial charge in [0.15, 0.2) is 11.5 Å². The van der Waals surface area contributed by atoms with Crippen LogP contribution < -0.4 is 4.74 Å². The fraction of sp³-hybridized carbons (Fsp3) is 0.392. The average molecular weight is 2340 g/mol. The van der Waals surface area contributed by atoms with Crippen molar-refractivity contribution < 1.29 is 141 Å². The third-order valence-electron chi connectivity index (χ3n) is 18.4. The number of hydrogen-bond acceptors (Lipinski definition) is 31. The van der Waals surface area contributed by atoms with Gasteiger partial charge in [0.05, 0.1) is 70.3 Å². The molecule has 8 aromatic rings. The van der Waals surface area contributed by atoms with E-state index in [1.54, 1.807) is 91.3 Å². The first-order valence-electron chi connectivity index (χ1n) is 45.8. The van der Waals surface area contributed by atoms with Crippen LogP contribution in [0.2, 0.25) is 15.1 Å². The number of nitrogens with zero attached hydrogens (tertiary/aromatic N) is 9. The number of phenolic OH excluding ortho intramolecular Hbond substituents is 3. The summed E-state index contributed by atoms with van der Waals surface area (Å²) in [5.41, 5.74) is 10.2. The molecule has 40 nitrogen and oxygen atoms in total. The summed E-state index contributed by atoms with van der Waals surface area (Å²) >= 11 is 17.6. The van der Waals surface area contributed by atoms with Gasteiger partial charge in [0.1, 0.15) is 17.3 Å². The number of benzene rings is 8. The molecule has 150 heavy (non-hydrogen) atoms. The van der Waals surface area contributed by atoms with E-state index in [-0.39, 0.29) is 113 Å². The zero-order chi connectivity index (χ0) is 114. The molecule has 0 aliphatic rings. The Morgan fingerprint density at radius 3 is 1.06 bits per heavy atom. The van der Waals surface area contributed by atoms with E-state index in [9.17, 15) is 95.5 Å². The SMILES string of the molecule is CC(=NCCCS(=O)(=O)O)c1ccccc1.CC(C)=NCCCS(=O)(=O)O.CCC(C)=NCCCS(=O)(=O)O.CCC(CC)=NCCCS(=O)(=O)O.COc1cc(Cl)cc(C=NCCCS(=O)(=O)O)c1O.O=S(=O)(O)CCCN=C(c1ccc(Cl)cc1)c1cc(F)ccc1O.O=S(=O)(O)CCCN=C(c1ccc(Cl)cc1)c1ccccc1O.O=S(=O)(O)CCCN=C/C=C/c1ccccc1.O=S(=O)(O)CCCN=Cc1ccccc1. The van der Waals surface area contributed by atoms with E-state index in [0.717, 1.165) is 76.5 Å². The molecule has 53 heteroatoms. The van der Waals surface area contributed by atoms with E-state index in [0.29, 0.717) is 121 Å². The molecule has 0 radical (unpaired) electrons. The monoisotopic (exact) mass is 2330 g/mol. The molecular weight excluding hydrogens is 2200 g/mol. The second-order valence-corrected chi connectivity index (χ2v) is 47.0. The first kappa shape index (κ1) is 140. The van der Waals surface area contributed by atoms with Crippen LogP contribution in [0.4, 0.5) is 4.39 Å². The predicted molar refractivity (Wildman–Crippen MR) is 598 cm³/mol. The van der Waals surface area contributed by atoms with Gasteiger partial charge < -0.3 is 20.1 Å². The van der Waals surface area contributed by atoms with Crippen LogP contribution >= 0.6 is 34.8 Å². The Labute approximate surface area is 895 Å². The van der Waals surface area contributed by atoms with Gasteiger partial charge in [-0.15, -0.1) is 0 Å². The van der Waals surface area contributed by atoms with E-state index >= 15 is 0 Å². The molecule has 0 heterocycles. The van der Waals surface area contributed by atoms with Crippen molar-refractivity contribution >= 4 is 185 Å². The number of aromatic hydroxyl groups is 3. The van der Waals surface area contributed by atoms with Gasteiger partial charge in [0.25, 0.3) is 91.1 Å². The van der Waals surface area contributed by atoms with Crippen LogP contribution in [0.25, 0.3) is 6.08 Å². The van der Waals surface area contributed by atoms with Crippen LogP contribution in [0.1, 0.15) is 170 Å². The Bertz CT molecular complexity index is 6800. The molecule has 0 saturated heterocycles. The molecular formula is C97H133Cl3FN9O31S9. The molecule has 0 fully saturated rings. The minimum Gasteiger partial charge on any atom is -0.507 e. The Balaban J connectivity index is 0.00000168. The lowest BCUT2D eigenvalue weighted by atomic mass is 10.0. The number of hydrogen-bond donors (Lipinski definition) is 12. The molecule has 0 atom stereocenters. The molecule has 8 aromatic carbocycles. The smallest absolute Gasteiger partial charge is 0.264 e. The lowest BCUT2D eigenvalue weighted by Crippen LogP contribution is -2.08. The molecule has 834 valence electrons. The van der Waals surface area contributed by atoms with Crippen molar-refractivity contribution in [1.82, 2.24) is 0 Å². The predicted octanol–water partition coefficient (Wildman–Crippen LogP) is 16.8. The van der Waals surface area contributed by atoms with Crippen molar-refractivity contribution in [3.8, 4) is 23.0 Å². The van der Waals surface area contributed by atoms with Gasteiger partial charge in [0.2, 0.25) is 0 Å². The number of allylic oxidation sites excluding steroid dienone is 1. The summed E-state index contributed by atoms with van der Waals surface area (Å²) in [6, 6.07) is 55.8. The number of para-hydroxylation sites is 1. The van der Waals surface area contributed by atoms with E-state index in [1.165, 1.54) is 31.5 Å². The van der Waals surface area contributed by atoms with Gasteiger partial charge in [-0.05, 0) is 188 Å². The number of rotatable bonds is 49. The lowest BCUT2D eigenvalue weighted by Gasteiger charge is -2.10. The Morgan fingerprint density at radius 1 is 0.333 bits per heavy atom. The highest BCUT2D eigenvalue weighted by molar-refractivity contribution is 7.87. The Kier molecular flexibility index (Phi) is 70.3. The number of phenols is 3. The molecule has 0 spiro atoms. The van der Waals surface area contributed by atoms with Gasteiger partial charge in [-0.2, -0.15) is 75.8 Å². The zero-order valence-corrected chi connectivity index (χ0v) is 93.5. The van der Waals surface area contributed by atoms with E-state index < -0.39 is 103 Å². The van der Waals surface area contributed by atoms with Crippen LogP contribution in [-0.2, 0) is 91.1 Å². The van der Waals surface area contributed by atoms with Crippen LogP contribution in [0.15, 0.2) is 245 Å². The highest BCUT2D eigenvalue weighted by Gasteiger charge is 2.18. The maximum Gasteiger partial charge on any atom is 0.264 e. The molecule has 0 aliphatic carbocycles. The second-order valence-electron chi connectivity index (χ2n) is 31.5. The van der Waals surface area contributed by atoms with Crippen LogP contribution in [0.3, 0.4) is 0 Å². The number of methoxy groups -OCH3 is 1. The molecule has 12 N–H and O–H groups in total. The van der Waals surface area contributed by atoms with Crippen LogP contribution in [-0.4, -0.2) is 303 Å². The highest BCUT2D eigenvalue weighted by atomic mass is 35.5. The van der Waals surface area contributed by atoms with Gasteiger partial charge in [0, 0.05) is 149 Å². The minimum absolute atomic E-state index is 0.0771. The van der Waals surface area contributed by atoms with E-state index in [4.69, 9.17) is 80.5 Å². The number of ether oxygens (including phenoxy) is 1. The van der Waals surface area contributed by atoms with Gasteiger partial charge in [-0.1, -0.05) is 189 Å². The Hall–Kier alpha value is -10.3. The minimum atomic E-state index is -4.07. The highest BCUT2D eigenvalue weighted by Crippen LogP contribution is 2.33. The normalized spacial score (nSPS) is 12.2. The summed E-state index contributed by atoms with van der Waals surface area (Å²) in [7, 11) is -33.6. The van der Waals surface area contributed by atoms with E-state index in [2.05, 4.69) is 44.9 Å². The summed E-state index contributed by atoms with van der Waals surface area (Å²) in [4.78, 5) is 37.2. The van der Waals surface area contributed by atoms with Crippen molar-refractivity contribution in [1.29, 1.82) is 0 Å². The van der Waals surface area contributed by atoms with Crippen LogP contribution in [0, 0.1) is 5.82 Å². The fourth-order valence-corrected chi connectivity index (χ4v) is 16.0. The number of aliphatic imine (C=N–C) groups is 9. The summed E-state index contributed by atoms with van der Waals surface area (Å²) in [6.07, 6.45) is 13.7. The average Bonchev–Trinajstić information content (AvgIpc) is 0.823. The van der Waals surface area contributed by atoms with Crippen molar-refractivity contribution in [2.24, 2.45) is 44.9 Å². The van der Waals surface area contributed by atoms with Crippen molar-refractivity contribution in [3.63, 3.8) is 0 Å².